The highest BCUT2D eigenvalue weighted by atomic mass is 35.5. The molecule has 1 N–H and O–H groups in total. The average Bonchev–Trinajstić information content (AvgIpc) is 3.02. The van der Waals surface area contributed by atoms with Crippen molar-refractivity contribution in [1.29, 1.82) is 0 Å². The van der Waals surface area contributed by atoms with Crippen LogP contribution in [0.5, 0.6) is 6.01 Å². The number of ether oxygens (including phenoxy) is 1. The predicted octanol–water partition coefficient (Wildman–Crippen LogP) is 4.65. The summed E-state index contributed by atoms with van der Waals surface area (Å²) in [5.74, 6) is 0.585. The molecule has 1 heterocycles. The van der Waals surface area contributed by atoms with Crippen LogP contribution in [0.2, 0.25) is 5.02 Å². The number of hydrogen-bond acceptors (Lipinski definition) is 4. The molecule has 2 aromatic rings. The number of rotatable bonds is 6. The molecule has 10 heteroatoms. The number of aryl methyl sites for hydroxylation is 1. The molecule has 0 saturated heterocycles. The lowest BCUT2D eigenvalue weighted by Gasteiger charge is -2.29. The van der Waals surface area contributed by atoms with Crippen LogP contribution in [0.25, 0.3) is 0 Å². The van der Waals surface area contributed by atoms with E-state index in [4.69, 9.17) is 16.3 Å². The SMILES string of the molecule is CCOc1nc(C)n(CC2CCC(NC(=O)c3cc(C(F)(F)F)ccc3Cl)CC2)n1. The van der Waals surface area contributed by atoms with Crippen LogP contribution in [0.4, 0.5) is 13.2 Å². The van der Waals surface area contributed by atoms with Crippen molar-refractivity contribution >= 4 is 17.5 Å². The minimum Gasteiger partial charge on any atom is -0.463 e. The second-order valence-corrected chi connectivity index (χ2v) is 7.85. The van der Waals surface area contributed by atoms with E-state index in [1.807, 2.05) is 18.5 Å². The number of aromatic nitrogens is 3. The van der Waals surface area contributed by atoms with Gasteiger partial charge in [0, 0.05) is 12.6 Å². The summed E-state index contributed by atoms with van der Waals surface area (Å²) >= 11 is 5.96. The first-order chi connectivity index (χ1) is 14.2. The second kappa shape index (κ2) is 9.24. The number of carbonyl (C=O) groups excluding carboxylic acids is 1. The van der Waals surface area contributed by atoms with E-state index in [0.29, 0.717) is 25.1 Å². The van der Waals surface area contributed by atoms with Crippen LogP contribution in [0.3, 0.4) is 0 Å². The van der Waals surface area contributed by atoms with E-state index in [1.165, 1.54) is 0 Å². The van der Waals surface area contributed by atoms with Gasteiger partial charge in [-0.25, -0.2) is 4.68 Å². The largest absolute Gasteiger partial charge is 0.463 e. The summed E-state index contributed by atoms with van der Waals surface area (Å²) < 4.78 is 45.9. The molecule has 30 heavy (non-hydrogen) atoms. The molecule has 0 unspecified atom stereocenters. The first-order valence-electron chi connectivity index (χ1n) is 9.89. The van der Waals surface area contributed by atoms with Crippen LogP contribution >= 0.6 is 11.6 Å². The molecule has 1 aromatic carbocycles. The Morgan fingerprint density at radius 2 is 2.00 bits per heavy atom. The fraction of sp³-hybridized carbons (Fsp3) is 0.550. The third-order valence-electron chi connectivity index (χ3n) is 5.26. The summed E-state index contributed by atoms with van der Waals surface area (Å²) in [6.07, 6.45) is -1.33. The Kier molecular flexibility index (Phi) is 6.90. The van der Waals surface area contributed by atoms with Gasteiger partial charge in [-0.1, -0.05) is 11.6 Å². The molecule has 1 amide bonds. The Morgan fingerprint density at radius 3 is 2.63 bits per heavy atom. The Morgan fingerprint density at radius 1 is 1.30 bits per heavy atom. The molecule has 1 aliphatic rings. The van der Waals surface area contributed by atoms with Crippen molar-refractivity contribution in [3.63, 3.8) is 0 Å². The van der Waals surface area contributed by atoms with Crippen molar-refractivity contribution in [2.75, 3.05) is 6.61 Å². The van der Waals surface area contributed by atoms with Gasteiger partial charge in [0.1, 0.15) is 5.82 Å². The third kappa shape index (κ3) is 5.44. The van der Waals surface area contributed by atoms with E-state index in [1.54, 1.807) is 0 Å². The Hall–Kier alpha value is -2.29. The molecule has 3 rings (SSSR count). The van der Waals surface area contributed by atoms with Crippen molar-refractivity contribution in [2.45, 2.75) is 58.3 Å². The lowest BCUT2D eigenvalue weighted by Crippen LogP contribution is -2.38. The fourth-order valence-electron chi connectivity index (χ4n) is 3.63. The Labute approximate surface area is 177 Å². The van der Waals surface area contributed by atoms with Crippen LogP contribution in [0.1, 0.15) is 54.4 Å². The van der Waals surface area contributed by atoms with Gasteiger partial charge in [0.2, 0.25) is 0 Å². The summed E-state index contributed by atoms with van der Waals surface area (Å²) in [5.41, 5.74) is -1.05. The van der Waals surface area contributed by atoms with Gasteiger partial charge in [-0.3, -0.25) is 4.79 Å². The van der Waals surface area contributed by atoms with Crippen molar-refractivity contribution < 1.29 is 22.7 Å². The van der Waals surface area contributed by atoms with Gasteiger partial charge in [0.25, 0.3) is 5.91 Å². The highest BCUT2D eigenvalue weighted by molar-refractivity contribution is 6.33. The van der Waals surface area contributed by atoms with E-state index in [2.05, 4.69) is 15.4 Å². The van der Waals surface area contributed by atoms with Gasteiger partial charge in [-0.05, 0) is 63.6 Å². The third-order valence-corrected chi connectivity index (χ3v) is 5.59. The smallest absolute Gasteiger partial charge is 0.416 e. The molecule has 0 radical (unpaired) electrons. The molecule has 164 valence electrons. The topological polar surface area (TPSA) is 69.0 Å². The van der Waals surface area contributed by atoms with E-state index >= 15 is 0 Å². The van der Waals surface area contributed by atoms with E-state index in [0.717, 1.165) is 49.7 Å². The van der Waals surface area contributed by atoms with E-state index < -0.39 is 17.6 Å². The molecule has 1 saturated carbocycles. The molecule has 0 bridgehead atoms. The van der Waals surface area contributed by atoms with Crippen LogP contribution < -0.4 is 10.1 Å². The summed E-state index contributed by atoms with van der Waals surface area (Å²) in [6, 6.07) is 3.04. The van der Waals surface area contributed by atoms with Crippen LogP contribution in [-0.2, 0) is 12.7 Å². The zero-order chi connectivity index (χ0) is 21.9. The minimum atomic E-state index is -4.53. The van der Waals surface area contributed by atoms with E-state index in [9.17, 15) is 18.0 Å². The highest BCUT2D eigenvalue weighted by Crippen LogP contribution is 2.32. The molecular weight excluding hydrogens is 421 g/mol. The second-order valence-electron chi connectivity index (χ2n) is 7.44. The van der Waals surface area contributed by atoms with Crippen molar-refractivity contribution in [3.05, 3.63) is 40.2 Å². The maximum absolute atomic E-state index is 12.9. The number of halogens is 4. The molecule has 0 atom stereocenters. The zero-order valence-electron chi connectivity index (χ0n) is 16.8. The van der Waals surface area contributed by atoms with Gasteiger partial charge in [-0.2, -0.15) is 18.2 Å². The number of nitrogens with zero attached hydrogens (tertiary/aromatic N) is 3. The normalized spacial score (nSPS) is 19.5. The van der Waals surface area contributed by atoms with Crippen molar-refractivity contribution in [3.8, 4) is 6.01 Å². The van der Waals surface area contributed by atoms with Crippen molar-refractivity contribution in [2.24, 2.45) is 5.92 Å². The van der Waals surface area contributed by atoms with Gasteiger partial charge in [-0.15, -0.1) is 5.10 Å². The molecule has 0 spiro atoms. The lowest BCUT2D eigenvalue weighted by atomic mass is 9.86. The monoisotopic (exact) mass is 444 g/mol. The Balaban J connectivity index is 1.55. The molecule has 1 aliphatic carbocycles. The van der Waals surface area contributed by atoms with Crippen molar-refractivity contribution in [1.82, 2.24) is 20.1 Å². The standard InChI is InChI=1S/C20H24ClF3N4O2/c1-3-30-19-25-12(2)28(27-19)11-13-4-7-15(8-5-13)26-18(29)16-10-14(20(22,23)24)6-9-17(16)21/h6,9-10,13,15H,3-5,7-8,11H2,1-2H3,(H,26,29). The lowest BCUT2D eigenvalue weighted by molar-refractivity contribution is -0.137. The molecule has 6 nitrogen and oxygen atoms in total. The number of hydrogen-bond donors (Lipinski definition) is 1. The van der Waals surface area contributed by atoms with Crippen LogP contribution in [0.15, 0.2) is 18.2 Å². The van der Waals surface area contributed by atoms with Crippen LogP contribution in [-0.4, -0.2) is 33.3 Å². The maximum Gasteiger partial charge on any atom is 0.416 e. The number of carbonyl (C=O) groups is 1. The summed E-state index contributed by atoms with van der Waals surface area (Å²) in [7, 11) is 0. The zero-order valence-corrected chi connectivity index (χ0v) is 17.6. The first-order valence-corrected chi connectivity index (χ1v) is 10.3. The van der Waals surface area contributed by atoms with Gasteiger partial charge in [0.15, 0.2) is 0 Å². The summed E-state index contributed by atoms with van der Waals surface area (Å²) in [5, 5.41) is 7.17. The minimum absolute atomic E-state index is 0.000876. The number of alkyl halides is 3. The van der Waals surface area contributed by atoms with E-state index in [-0.39, 0.29) is 16.6 Å². The first kappa shape index (κ1) is 22.4. The van der Waals surface area contributed by atoms with Gasteiger partial charge < -0.3 is 10.1 Å². The fourth-order valence-corrected chi connectivity index (χ4v) is 3.83. The number of nitrogens with one attached hydrogen (secondary N) is 1. The maximum atomic E-state index is 12.9. The number of benzene rings is 1. The summed E-state index contributed by atoms with van der Waals surface area (Å²) in [6.45, 7) is 4.97. The predicted molar refractivity (Wildman–Crippen MR) is 106 cm³/mol. The molecular formula is C20H24ClF3N4O2. The van der Waals surface area contributed by atoms with Crippen LogP contribution in [0, 0.1) is 12.8 Å². The summed E-state index contributed by atoms with van der Waals surface area (Å²) in [4.78, 5) is 16.8. The van der Waals surface area contributed by atoms with Gasteiger partial charge in [0.05, 0.1) is 22.8 Å². The molecule has 1 fully saturated rings. The quantitative estimate of drug-likeness (QED) is 0.704. The highest BCUT2D eigenvalue weighted by Gasteiger charge is 2.32. The van der Waals surface area contributed by atoms with Gasteiger partial charge >= 0.3 is 12.2 Å². The average molecular weight is 445 g/mol. The molecule has 0 aliphatic heterocycles. The number of amides is 1. The molecule has 1 aromatic heterocycles. The Bertz CT molecular complexity index is 893.